The first-order chi connectivity index (χ1) is 9.16. The van der Waals surface area contributed by atoms with Crippen LogP contribution >= 0.6 is 0 Å². The molecule has 19 heavy (non-hydrogen) atoms. The normalized spacial score (nSPS) is 19.1. The number of aromatic hydroxyl groups is 1. The Labute approximate surface area is 114 Å². The standard InChI is InChI=1S/C15H21NO3/c1-16(10-12-5-4-8-19-11-12)15(18)9-13-6-2-3-7-14(13)17/h2-3,6-7,12,17H,4-5,8-11H2,1H3. The second kappa shape index (κ2) is 6.57. The molecule has 4 heteroatoms. The smallest absolute Gasteiger partial charge is 0.226 e. The Bertz CT molecular complexity index is 427. The third-order valence-electron chi connectivity index (χ3n) is 3.55. The fourth-order valence-electron chi connectivity index (χ4n) is 2.40. The average molecular weight is 263 g/mol. The fraction of sp³-hybridized carbons (Fsp3) is 0.533. The zero-order chi connectivity index (χ0) is 13.7. The van der Waals surface area contributed by atoms with E-state index in [2.05, 4.69) is 0 Å². The quantitative estimate of drug-likeness (QED) is 0.901. The van der Waals surface area contributed by atoms with Crippen LogP contribution in [0.5, 0.6) is 5.75 Å². The summed E-state index contributed by atoms with van der Waals surface area (Å²) in [5.74, 6) is 0.657. The maximum Gasteiger partial charge on any atom is 0.226 e. The molecular formula is C15H21NO3. The van der Waals surface area contributed by atoms with E-state index in [1.54, 1.807) is 23.1 Å². The molecule has 1 aliphatic rings. The van der Waals surface area contributed by atoms with Gasteiger partial charge in [-0.15, -0.1) is 0 Å². The first-order valence-corrected chi connectivity index (χ1v) is 6.75. The number of rotatable bonds is 4. The lowest BCUT2D eigenvalue weighted by Crippen LogP contribution is -2.35. The molecule has 1 amide bonds. The van der Waals surface area contributed by atoms with Crippen LogP contribution in [-0.4, -0.2) is 42.7 Å². The van der Waals surface area contributed by atoms with Gasteiger partial charge in [0.15, 0.2) is 0 Å². The lowest BCUT2D eigenvalue weighted by Gasteiger charge is -2.27. The van der Waals surface area contributed by atoms with Gasteiger partial charge in [-0.25, -0.2) is 0 Å². The summed E-state index contributed by atoms with van der Waals surface area (Å²) in [5, 5.41) is 9.67. The molecule has 0 aliphatic carbocycles. The molecule has 1 aromatic rings. The van der Waals surface area contributed by atoms with E-state index in [-0.39, 0.29) is 18.1 Å². The Hall–Kier alpha value is -1.55. The predicted octanol–water partition coefficient (Wildman–Crippen LogP) is 1.82. The molecule has 0 saturated carbocycles. The number of hydrogen-bond donors (Lipinski definition) is 1. The molecule has 1 N–H and O–H groups in total. The molecule has 1 unspecified atom stereocenters. The summed E-state index contributed by atoms with van der Waals surface area (Å²) in [6.45, 7) is 2.31. The van der Waals surface area contributed by atoms with Gasteiger partial charge < -0.3 is 14.7 Å². The first kappa shape index (κ1) is 13.9. The van der Waals surface area contributed by atoms with Gasteiger partial charge in [0, 0.05) is 25.8 Å². The predicted molar refractivity (Wildman–Crippen MR) is 73.0 cm³/mol. The van der Waals surface area contributed by atoms with Gasteiger partial charge in [-0.2, -0.15) is 0 Å². The number of phenolic OH excluding ortho intramolecular Hbond substituents is 1. The van der Waals surface area contributed by atoms with Crippen molar-refractivity contribution in [3.05, 3.63) is 29.8 Å². The van der Waals surface area contributed by atoms with E-state index in [1.807, 2.05) is 13.1 Å². The highest BCUT2D eigenvalue weighted by molar-refractivity contribution is 5.79. The zero-order valence-electron chi connectivity index (χ0n) is 11.3. The van der Waals surface area contributed by atoms with Crippen molar-refractivity contribution in [2.24, 2.45) is 5.92 Å². The van der Waals surface area contributed by atoms with E-state index in [4.69, 9.17) is 4.74 Å². The highest BCUT2D eigenvalue weighted by Gasteiger charge is 2.19. The number of nitrogens with zero attached hydrogens (tertiary/aromatic N) is 1. The number of carbonyl (C=O) groups is 1. The Morgan fingerprint density at radius 1 is 1.47 bits per heavy atom. The SMILES string of the molecule is CN(CC1CCCOC1)C(=O)Cc1ccccc1O. The van der Waals surface area contributed by atoms with Crippen molar-refractivity contribution < 1.29 is 14.6 Å². The van der Waals surface area contributed by atoms with E-state index >= 15 is 0 Å². The van der Waals surface area contributed by atoms with Gasteiger partial charge >= 0.3 is 0 Å². The summed E-state index contributed by atoms with van der Waals surface area (Å²) < 4.78 is 5.42. The lowest BCUT2D eigenvalue weighted by molar-refractivity contribution is -0.130. The van der Waals surface area contributed by atoms with Crippen LogP contribution in [0.25, 0.3) is 0 Å². The molecule has 4 nitrogen and oxygen atoms in total. The third kappa shape index (κ3) is 3.96. The van der Waals surface area contributed by atoms with E-state index in [1.165, 1.54) is 0 Å². The summed E-state index contributed by atoms with van der Waals surface area (Å²) in [5.41, 5.74) is 0.680. The summed E-state index contributed by atoms with van der Waals surface area (Å²) in [6.07, 6.45) is 2.44. The van der Waals surface area contributed by atoms with Crippen LogP contribution in [0, 0.1) is 5.92 Å². The average Bonchev–Trinajstić information content (AvgIpc) is 2.42. The molecule has 1 saturated heterocycles. The summed E-state index contributed by atoms with van der Waals surface area (Å²) >= 11 is 0. The van der Waals surface area contributed by atoms with Crippen molar-refractivity contribution in [2.45, 2.75) is 19.3 Å². The number of hydrogen-bond acceptors (Lipinski definition) is 3. The number of phenols is 1. The van der Waals surface area contributed by atoms with E-state index < -0.39 is 0 Å². The molecule has 0 aromatic heterocycles. The second-order valence-electron chi connectivity index (χ2n) is 5.16. The summed E-state index contributed by atoms with van der Waals surface area (Å²) in [7, 11) is 1.82. The molecule has 104 valence electrons. The highest BCUT2D eigenvalue weighted by Crippen LogP contribution is 2.18. The van der Waals surface area contributed by atoms with Gasteiger partial charge in [0.2, 0.25) is 5.91 Å². The second-order valence-corrected chi connectivity index (χ2v) is 5.16. The minimum absolute atomic E-state index is 0.0343. The number of carbonyl (C=O) groups excluding carboxylic acids is 1. The molecule has 0 bridgehead atoms. The monoisotopic (exact) mass is 263 g/mol. The van der Waals surface area contributed by atoms with E-state index in [0.29, 0.717) is 11.5 Å². The van der Waals surface area contributed by atoms with Gasteiger partial charge in [0.1, 0.15) is 5.75 Å². The number of amides is 1. The maximum atomic E-state index is 12.1. The van der Waals surface area contributed by atoms with Gasteiger partial charge in [-0.1, -0.05) is 18.2 Å². The van der Waals surface area contributed by atoms with Crippen LogP contribution < -0.4 is 0 Å². The number of likely N-dealkylation sites (N-methyl/N-ethyl adjacent to an activating group) is 1. The van der Waals surface area contributed by atoms with Crippen LogP contribution in [0.15, 0.2) is 24.3 Å². The van der Waals surface area contributed by atoms with Crippen LogP contribution in [0.4, 0.5) is 0 Å². The molecule has 1 fully saturated rings. The van der Waals surface area contributed by atoms with Crippen LogP contribution in [0.1, 0.15) is 18.4 Å². The molecule has 1 aliphatic heterocycles. The van der Waals surface area contributed by atoms with Crippen LogP contribution in [-0.2, 0) is 16.0 Å². The Kier molecular flexibility index (Phi) is 4.80. The molecule has 2 rings (SSSR count). The van der Waals surface area contributed by atoms with E-state index in [9.17, 15) is 9.90 Å². The minimum Gasteiger partial charge on any atom is -0.508 e. The Balaban J connectivity index is 1.87. The third-order valence-corrected chi connectivity index (χ3v) is 3.55. The first-order valence-electron chi connectivity index (χ1n) is 6.75. The number of ether oxygens (including phenoxy) is 1. The van der Waals surface area contributed by atoms with Gasteiger partial charge in [0.05, 0.1) is 13.0 Å². The minimum atomic E-state index is 0.0343. The van der Waals surface area contributed by atoms with Crippen molar-refractivity contribution in [1.29, 1.82) is 0 Å². The summed E-state index contributed by atoms with van der Waals surface area (Å²) in [4.78, 5) is 13.9. The number of para-hydroxylation sites is 1. The van der Waals surface area contributed by atoms with Crippen molar-refractivity contribution in [2.75, 3.05) is 26.8 Å². The zero-order valence-corrected chi connectivity index (χ0v) is 11.3. The molecule has 0 spiro atoms. The van der Waals surface area contributed by atoms with Crippen molar-refractivity contribution >= 4 is 5.91 Å². The van der Waals surface area contributed by atoms with Gasteiger partial charge in [-0.05, 0) is 24.8 Å². The maximum absolute atomic E-state index is 12.1. The van der Waals surface area contributed by atoms with Gasteiger partial charge in [0.25, 0.3) is 0 Å². The molecule has 1 heterocycles. The van der Waals surface area contributed by atoms with Gasteiger partial charge in [-0.3, -0.25) is 4.79 Å². The molecule has 1 aromatic carbocycles. The van der Waals surface area contributed by atoms with E-state index in [0.717, 1.165) is 32.6 Å². The summed E-state index contributed by atoms with van der Waals surface area (Å²) in [6, 6.07) is 6.98. The molecule has 1 atom stereocenters. The van der Waals surface area contributed by atoms with Crippen molar-refractivity contribution in [1.82, 2.24) is 4.90 Å². The lowest BCUT2D eigenvalue weighted by atomic mass is 10.0. The Morgan fingerprint density at radius 3 is 2.95 bits per heavy atom. The van der Waals surface area contributed by atoms with Crippen LogP contribution in [0.3, 0.4) is 0 Å². The topological polar surface area (TPSA) is 49.8 Å². The van der Waals surface area contributed by atoms with Crippen LogP contribution in [0.2, 0.25) is 0 Å². The van der Waals surface area contributed by atoms with Crippen molar-refractivity contribution in [3.63, 3.8) is 0 Å². The molecular weight excluding hydrogens is 242 g/mol. The fourth-order valence-corrected chi connectivity index (χ4v) is 2.40. The largest absolute Gasteiger partial charge is 0.508 e. The molecule has 0 radical (unpaired) electrons. The number of benzene rings is 1. The Morgan fingerprint density at radius 2 is 2.26 bits per heavy atom. The highest BCUT2D eigenvalue weighted by atomic mass is 16.5. The van der Waals surface area contributed by atoms with Crippen molar-refractivity contribution in [3.8, 4) is 5.75 Å².